The smallest absolute Gasteiger partial charge is 0.328 e. The highest BCUT2D eigenvalue weighted by molar-refractivity contribution is 7.98. The number of hydrogen-bond donors (Lipinski definition) is 24. The van der Waals surface area contributed by atoms with Gasteiger partial charge in [-0.05, 0) is 163 Å². The first-order valence-electron chi connectivity index (χ1n) is 41.0. The number of nitrogens with zero attached hydrogens (tertiary/aromatic N) is 1. The molecule has 0 aliphatic carbocycles. The van der Waals surface area contributed by atoms with Gasteiger partial charge in [-0.1, -0.05) is 72.2 Å². The van der Waals surface area contributed by atoms with Gasteiger partial charge in [-0.15, -0.1) is 0 Å². The van der Waals surface area contributed by atoms with E-state index in [2.05, 4.69) is 74.4 Å². The largest absolute Gasteiger partial charge is 0.508 e. The van der Waals surface area contributed by atoms with Crippen LogP contribution in [0.15, 0.2) is 48.5 Å². The lowest BCUT2D eigenvalue weighted by Gasteiger charge is -2.31. The predicted molar refractivity (Wildman–Crippen MR) is 456 cm³/mol. The van der Waals surface area contributed by atoms with E-state index in [0.29, 0.717) is 36.1 Å². The van der Waals surface area contributed by atoms with Crippen LogP contribution in [-0.4, -0.2) is 300 Å². The Morgan fingerprint density at radius 1 is 0.468 bits per heavy atom. The molecule has 16 amide bonds. The maximum Gasteiger partial charge on any atom is 0.328 e. The molecule has 3 rings (SSSR count). The van der Waals surface area contributed by atoms with Gasteiger partial charge in [-0.2, -0.15) is 23.5 Å². The molecule has 19 atom stereocenters. The van der Waals surface area contributed by atoms with Crippen LogP contribution in [0.3, 0.4) is 0 Å². The molecule has 1 saturated heterocycles. The first kappa shape index (κ1) is 108. The highest BCUT2D eigenvalue weighted by Crippen LogP contribution is 2.22. The topological polar surface area (TPSA) is 682 Å². The van der Waals surface area contributed by atoms with Crippen molar-refractivity contribution < 1.29 is 117 Å². The molecule has 124 heavy (non-hydrogen) atoms. The van der Waals surface area contributed by atoms with Gasteiger partial charge in [-0.3, -0.25) is 76.7 Å². The van der Waals surface area contributed by atoms with Gasteiger partial charge in [0.2, 0.25) is 94.5 Å². The molecule has 2 aromatic rings. The standard InChI is InChI=1S/C80H128N18O24S2/c1-13-41(6)62(95-75(116)61(40(4)5)93-67(108)50(82)38-99)76(117)85-42(7)66(107)96-63(43(8)100)77(118)88-52(27-28-58(83)105)68(109)87-53(29-33-123-11)70(111)97-64(44(9)101)78(119)91-55(35-46-19-23-48(103)24-20-46)71(112)86-51(17-14-15-31-81)69(110)94-60(39(2)3)74(115)90-56(36-47-21-25-49(104)26-22-47)72(113)89-54(30-34-124-12)79(120)98-32-16-18-57(98)73(114)84-37-59(106)92-65(45(10)102)80(121)122/h19-26,39-45,50-57,60-65,99-104H,13-18,27-38,81-82H2,1-12H3,(H2,83,105)(H,84,114)(H,85,117)(H,86,112)(H,87,109)(H,88,118)(H,89,113)(H,90,115)(H,91,119)(H,92,106)(H,93,108)(H,94,110)(H,95,116)(H,96,107)(H,97,111)(H,121,122)/t41-,42-,43+,44+,45+,50-,51-,52-,53-,54-,55-,56-,57-,60-,61-,62-,63-,64-,65-/m0/s1. The van der Waals surface area contributed by atoms with Crippen LogP contribution in [0.25, 0.3) is 0 Å². The van der Waals surface area contributed by atoms with Crippen molar-refractivity contribution in [2.75, 3.05) is 50.3 Å². The maximum atomic E-state index is 14.9. The van der Waals surface area contributed by atoms with E-state index in [0.717, 1.165) is 20.8 Å². The molecule has 42 nitrogen and oxygen atoms in total. The Morgan fingerprint density at radius 2 is 0.855 bits per heavy atom. The number of aliphatic hydroxyl groups is 4. The lowest BCUT2D eigenvalue weighted by atomic mass is 9.96. The number of nitrogens with two attached hydrogens (primary N) is 3. The van der Waals surface area contributed by atoms with E-state index >= 15 is 0 Å². The van der Waals surface area contributed by atoms with E-state index in [9.17, 15) is 117 Å². The van der Waals surface area contributed by atoms with Crippen molar-refractivity contribution in [3.63, 3.8) is 0 Å². The first-order valence-corrected chi connectivity index (χ1v) is 43.8. The molecule has 1 aliphatic heterocycles. The van der Waals surface area contributed by atoms with Gasteiger partial charge in [0.15, 0.2) is 6.04 Å². The number of carboxylic acids is 1. The van der Waals surface area contributed by atoms with Gasteiger partial charge >= 0.3 is 5.97 Å². The van der Waals surface area contributed by atoms with Crippen molar-refractivity contribution in [2.45, 2.75) is 255 Å². The Kier molecular flexibility index (Phi) is 47.1. The van der Waals surface area contributed by atoms with E-state index in [4.69, 9.17) is 17.2 Å². The summed E-state index contributed by atoms with van der Waals surface area (Å²) in [5, 5.41) is 106. The van der Waals surface area contributed by atoms with Gasteiger partial charge in [-0.25, -0.2) is 4.79 Å². The number of aromatic hydroxyl groups is 2. The predicted octanol–water partition coefficient (Wildman–Crippen LogP) is -5.88. The normalized spacial score (nSPS) is 16.9. The third kappa shape index (κ3) is 36.0. The van der Waals surface area contributed by atoms with Crippen molar-refractivity contribution in [3.8, 4) is 11.5 Å². The third-order valence-corrected chi connectivity index (χ3v) is 21.7. The monoisotopic (exact) mass is 1790 g/mol. The lowest BCUT2D eigenvalue weighted by Crippen LogP contribution is -2.63. The summed E-state index contributed by atoms with van der Waals surface area (Å²) in [6.07, 6.45) is -2.30. The number of phenols is 2. The number of thioether (sulfide) groups is 2. The Balaban J connectivity index is 1.96. The SMILES string of the molecule is CC[C@H](C)[C@H](NC(=O)[C@@H](NC(=O)[C@@H](N)CO)C(C)C)C(=O)N[C@@H](C)C(=O)N[C@H](C(=O)N[C@@H](CCC(N)=O)C(=O)N[C@@H](CCSC)C(=O)N[C@H](C(=O)N[C@@H](Cc1ccc(O)cc1)C(=O)N[C@@H](CCCCN)C(=O)N[C@H](C(=O)N[C@@H](Cc1ccc(O)cc1)C(=O)N[C@@H](CCSC)C(=O)N1CCC[C@H]1C(=O)NCC(=O)N[C@H](C(=O)O)[C@@H](C)O)C(C)C)[C@@H](C)O)[C@@H](C)O. The molecule has 1 aliphatic rings. The Hall–Kier alpha value is -10.5. The van der Waals surface area contributed by atoms with Crippen molar-refractivity contribution >= 4 is 124 Å². The second-order valence-corrected chi connectivity index (χ2v) is 33.3. The number of unbranched alkanes of at least 4 members (excludes halogenated alkanes) is 1. The van der Waals surface area contributed by atoms with E-state index in [1.165, 1.54) is 83.9 Å². The Bertz CT molecular complexity index is 3920. The van der Waals surface area contributed by atoms with E-state index in [1.807, 2.05) is 0 Å². The minimum Gasteiger partial charge on any atom is -0.508 e. The van der Waals surface area contributed by atoms with Crippen LogP contribution in [0.4, 0.5) is 0 Å². The number of amides is 16. The minimum absolute atomic E-state index is 0.0194. The fourth-order valence-electron chi connectivity index (χ4n) is 12.8. The quantitative estimate of drug-likeness (QED) is 0.0274. The molecule has 1 fully saturated rings. The van der Waals surface area contributed by atoms with Gasteiger partial charge in [0.05, 0.1) is 31.5 Å². The number of hydrogen-bond acceptors (Lipinski definition) is 27. The number of aliphatic hydroxyl groups excluding tert-OH is 4. The number of primary amides is 1. The summed E-state index contributed by atoms with van der Waals surface area (Å²) in [4.78, 5) is 237. The fraction of sp³-hybridized carbons (Fsp3) is 0.637. The molecule has 1 heterocycles. The highest BCUT2D eigenvalue weighted by atomic mass is 32.2. The molecule has 2 aromatic carbocycles. The molecule has 44 heteroatoms. The van der Waals surface area contributed by atoms with Crippen molar-refractivity contribution in [1.29, 1.82) is 0 Å². The first-order chi connectivity index (χ1) is 58.3. The maximum absolute atomic E-state index is 14.9. The lowest BCUT2D eigenvalue weighted by molar-refractivity contribution is -0.145. The average Bonchev–Trinajstić information content (AvgIpc) is 1.78. The molecular weight excluding hydrogens is 1660 g/mol. The van der Waals surface area contributed by atoms with Crippen LogP contribution in [0, 0.1) is 17.8 Å². The van der Waals surface area contributed by atoms with Crippen molar-refractivity contribution in [3.05, 3.63) is 59.7 Å². The zero-order chi connectivity index (χ0) is 93.5. The summed E-state index contributed by atoms with van der Waals surface area (Å²) in [6.45, 7) is 13.1. The number of rotatable bonds is 55. The highest BCUT2D eigenvalue weighted by Gasteiger charge is 2.43. The summed E-state index contributed by atoms with van der Waals surface area (Å²) >= 11 is 2.55. The molecule has 0 aromatic heterocycles. The summed E-state index contributed by atoms with van der Waals surface area (Å²) in [7, 11) is 0. The number of aliphatic carboxylic acids is 1. The third-order valence-electron chi connectivity index (χ3n) is 20.4. The van der Waals surface area contributed by atoms with Crippen LogP contribution < -0.4 is 91.6 Å². The number of phenolic OH excluding ortho intramolecular Hbond substituents is 2. The van der Waals surface area contributed by atoms with Crippen LogP contribution in [0.2, 0.25) is 0 Å². The van der Waals surface area contributed by atoms with Crippen LogP contribution in [0.5, 0.6) is 11.5 Å². The fourth-order valence-corrected chi connectivity index (χ4v) is 13.7. The zero-order valence-electron chi connectivity index (χ0n) is 72.0. The summed E-state index contributed by atoms with van der Waals surface area (Å²) < 4.78 is 0. The Labute approximate surface area is 728 Å². The van der Waals surface area contributed by atoms with E-state index in [-0.39, 0.29) is 75.3 Å². The number of benzene rings is 2. The molecule has 0 saturated carbocycles. The molecule has 694 valence electrons. The number of carbonyl (C=O) groups is 17. The van der Waals surface area contributed by atoms with E-state index < -0.39 is 253 Å². The van der Waals surface area contributed by atoms with Crippen LogP contribution >= 0.6 is 23.5 Å². The van der Waals surface area contributed by atoms with Crippen molar-refractivity contribution in [2.24, 2.45) is 35.0 Å². The number of likely N-dealkylation sites (tertiary alicyclic amines) is 1. The molecule has 0 radical (unpaired) electrons. The molecule has 0 spiro atoms. The van der Waals surface area contributed by atoms with Gasteiger partial charge in [0.1, 0.15) is 96.1 Å². The average molecular weight is 1790 g/mol. The molecule has 0 unspecified atom stereocenters. The minimum atomic E-state index is -1.95. The van der Waals surface area contributed by atoms with E-state index in [1.54, 1.807) is 54.1 Å². The molecular formula is C80H128N18O24S2. The number of carbonyl (C=O) groups excluding carboxylic acids is 16. The van der Waals surface area contributed by atoms with Crippen LogP contribution in [-0.2, 0) is 94.3 Å². The molecule has 0 bridgehead atoms. The summed E-state index contributed by atoms with van der Waals surface area (Å²) in [5.74, 6) is -18.6. The zero-order valence-corrected chi connectivity index (χ0v) is 73.7. The molecule has 27 N–H and O–H groups in total. The Morgan fingerprint density at radius 3 is 1.30 bits per heavy atom. The van der Waals surface area contributed by atoms with Gasteiger partial charge in [0.25, 0.3) is 0 Å². The summed E-state index contributed by atoms with van der Waals surface area (Å²) in [5.41, 5.74) is 17.7. The van der Waals surface area contributed by atoms with Gasteiger partial charge in [0, 0.05) is 25.8 Å². The number of nitrogens with one attached hydrogen (secondary N) is 14. The summed E-state index contributed by atoms with van der Waals surface area (Å²) in [6, 6.07) is -11.9. The second kappa shape index (κ2) is 54.3. The number of carboxylic acid groups (broad SMARTS) is 1. The van der Waals surface area contributed by atoms with Crippen molar-refractivity contribution in [1.82, 2.24) is 79.3 Å². The van der Waals surface area contributed by atoms with Gasteiger partial charge < -0.3 is 132 Å². The second-order valence-electron chi connectivity index (χ2n) is 31.3. The van der Waals surface area contributed by atoms with Crippen LogP contribution in [0.1, 0.15) is 145 Å².